The first kappa shape index (κ1) is 21.6. The normalized spacial score (nSPS) is 14.3. The first-order valence-corrected chi connectivity index (χ1v) is 9.11. The molecule has 10 heteroatoms. The SMILES string of the molecule is O=C(Nc1ccc(NCC(=O)N2CCOCC2)c(C(F)(F)F)c1)c1ccc(F)cc1. The number of nitrogens with zero attached hydrogens (tertiary/aromatic N) is 1. The van der Waals surface area contributed by atoms with Crippen LogP contribution in [-0.4, -0.2) is 49.6 Å². The summed E-state index contributed by atoms with van der Waals surface area (Å²) in [7, 11) is 0. The van der Waals surface area contributed by atoms with Gasteiger partial charge in [-0.25, -0.2) is 4.39 Å². The van der Waals surface area contributed by atoms with Crippen molar-refractivity contribution < 1.29 is 31.9 Å². The predicted molar refractivity (Wildman–Crippen MR) is 102 cm³/mol. The number of ether oxygens (including phenoxy) is 1. The number of hydrogen-bond acceptors (Lipinski definition) is 4. The lowest BCUT2D eigenvalue weighted by molar-refractivity contribution is -0.137. The molecular formula is C20H19F4N3O3. The van der Waals surface area contributed by atoms with E-state index < -0.39 is 23.5 Å². The number of alkyl halides is 3. The fourth-order valence-electron chi connectivity index (χ4n) is 2.91. The van der Waals surface area contributed by atoms with Crippen molar-refractivity contribution in [3.05, 3.63) is 59.4 Å². The molecule has 0 radical (unpaired) electrons. The molecule has 2 N–H and O–H groups in total. The molecule has 1 saturated heterocycles. The average molecular weight is 425 g/mol. The van der Waals surface area contributed by atoms with E-state index in [9.17, 15) is 27.2 Å². The first-order valence-electron chi connectivity index (χ1n) is 9.11. The number of benzene rings is 2. The molecule has 30 heavy (non-hydrogen) atoms. The Morgan fingerprint density at radius 1 is 1.03 bits per heavy atom. The lowest BCUT2D eigenvalue weighted by Gasteiger charge is -2.27. The second-order valence-corrected chi connectivity index (χ2v) is 6.57. The number of nitrogens with one attached hydrogen (secondary N) is 2. The number of morpholine rings is 1. The van der Waals surface area contributed by atoms with E-state index in [-0.39, 0.29) is 29.4 Å². The van der Waals surface area contributed by atoms with Crippen LogP contribution < -0.4 is 10.6 Å². The van der Waals surface area contributed by atoms with Crippen LogP contribution in [0.15, 0.2) is 42.5 Å². The van der Waals surface area contributed by atoms with Gasteiger partial charge in [-0.2, -0.15) is 13.2 Å². The second kappa shape index (κ2) is 9.12. The molecule has 2 amide bonds. The van der Waals surface area contributed by atoms with E-state index in [4.69, 9.17) is 4.74 Å². The van der Waals surface area contributed by atoms with Crippen molar-refractivity contribution >= 4 is 23.2 Å². The Bertz CT molecular complexity index is 911. The van der Waals surface area contributed by atoms with Crippen LogP contribution in [0.5, 0.6) is 0 Å². The van der Waals surface area contributed by atoms with E-state index in [2.05, 4.69) is 10.6 Å². The maximum absolute atomic E-state index is 13.5. The summed E-state index contributed by atoms with van der Waals surface area (Å²) in [5.74, 6) is -1.54. The van der Waals surface area contributed by atoms with Gasteiger partial charge in [-0.1, -0.05) is 0 Å². The zero-order valence-corrected chi connectivity index (χ0v) is 15.8. The molecule has 2 aromatic rings. The standard InChI is InChI=1S/C20H19F4N3O3/c21-14-3-1-13(2-4-14)19(29)26-15-5-6-17(16(11-15)20(22,23)24)25-12-18(28)27-7-9-30-10-8-27/h1-6,11,25H,7-10,12H2,(H,26,29). The van der Waals surface area contributed by atoms with Gasteiger partial charge in [0.05, 0.1) is 25.3 Å². The number of halogens is 4. The van der Waals surface area contributed by atoms with Crippen molar-refractivity contribution in [2.45, 2.75) is 6.18 Å². The van der Waals surface area contributed by atoms with Crippen LogP contribution in [0, 0.1) is 5.82 Å². The Kier molecular flexibility index (Phi) is 6.56. The molecule has 0 unspecified atom stereocenters. The fourth-order valence-corrected chi connectivity index (χ4v) is 2.91. The van der Waals surface area contributed by atoms with Crippen molar-refractivity contribution in [2.75, 3.05) is 43.5 Å². The third-order valence-electron chi connectivity index (χ3n) is 4.48. The highest BCUT2D eigenvalue weighted by Gasteiger charge is 2.34. The zero-order chi connectivity index (χ0) is 21.7. The molecule has 2 aromatic carbocycles. The van der Waals surface area contributed by atoms with Crippen LogP contribution in [0.2, 0.25) is 0 Å². The number of carbonyl (C=O) groups is 2. The molecule has 1 fully saturated rings. The molecule has 6 nitrogen and oxygen atoms in total. The van der Waals surface area contributed by atoms with Crippen LogP contribution in [0.3, 0.4) is 0 Å². The first-order chi connectivity index (χ1) is 14.2. The van der Waals surface area contributed by atoms with E-state index in [1.807, 2.05) is 0 Å². The summed E-state index contributed by atoms with van der Waals surface area (Å²) < 4.78 is 58.6. The monoisotopic (exact) mass is 425 g/mol. The van der Waals surface area contributed by atoms with Crippen molar-refractivity contribution in [1.82, 2.24) is 4.90 Å². The second-order valence-electron chi connectivity index (χ2n) is 6.57. The molecule has 0 saturated carbocycles. The minimum atomic E-state index is -4.71. The lowest BCUT2D eigenvalue weighted by atomic mass is 10.1. The Balaban J connectivity index is 1.72. The molecule has 0 atom stereocenters. The van der Waals surface area contributed by atoms with E-state index in [1.165, 1.54) is 23.1 Å². The predicted octanol–water partition coefficient (Wildman–Crippen LogP) is 3.37. The van der Waals surface area contributed by atoms with Crippen LogP contribution in [0.25, 0.3) is 0 Å². The molecular weight excluding hydrogens is 406 g/mol. The van der Waals surface area contributed by atoms with Crippen molar-refractivity contribution in [2.24, 2.45) is 0 Å². The highest BCUT2D eigenvalue weighted by molar-refractivity contribution is 6.04. The van der Waals surface area contributed by atoms with Gasteiger partial charge in [0.15, 0.2) is 0 Å². The van der Waals surface area contributed by atoms with Crippen molar-refractivity contribution in [1.29, 1.82) is 0 Å². The number of hydrogen-bond donors (Lipinski definition) is 2. The maximum atomic E-state index is 13.5. The molecule has 1 heterocycles. The lowest BCUT2D eigenvalue weighted by Crippen LogP contribution is -2.43. The topological polar surface area (TPSA) is 70.7 Å². The van der Waals surface area contributed by atoms with Crippen LogP contribution in [0.4, 0.5) is 28.9 Å². The van der Waals surface area contributed by atoms with Gasteiger partial charge in [0, 0.05) is 30.0 Å². The summed E-state index contributed by atoms with van der Waals surface area (Å²) in [4.78, 5) is 25.9. The fraction of sp³-hybridized carbons (Fsp3) is 0.300. The molecule has 1 aliphatic rings. The van der Waals surface area contributed by atoms with E-state index in [1.54, 1.807) is 0 Å². The van der Waals surface area contributed by atoms with Gasteiger partial charge in [-0.3, -0.25) is 9.59 Å². The van der Waals surface area contributed by atoms with Gasteiger partial charge >= 0.3 is 6.18 Å². The summed E-state index contributed by atoms with van der Waals surface area (Å²) in [5, 5.41) is 4.88. The summed E-state index contributed by atoms with van der Waals surface area (Å²) >= 11 is 0. The van der Waals surface area contributed by atoms with Crippen molar-refractivity contribution in [3.63, 3.8) is 0 Å². The minimum Gasteiger partial charge on any atom is -0.378 e. The molecule has 0 spiro atoms. The largest absolute Gasteiger partial charge is 0.418 e. The maximum Gasteiger partial charge on any atom is 0.418 e. The summed E-state index contributed by atoms with van der Waals surface area (Å²) in [6, 6.07) is 7.82. The highest BCUT2D eigenvalue weighted by atomic mass is 19.4. The Hall–Kier alpha value is -3.14. The van der Waals surface area contributed by atoms with Crippen LogP contribution >= 0.6 is 0 Å². The third-order valence-corrected chi connectivity index (χ3v) is 4.48. The summed E-state index contributed by atoms with van der Waals surface area (Å²) in [5.41, 5.74) is -1.27. The summed E-state index contributed by atoms with van der Waals surface area (Å²) in [6.07, 6.45) is -4.71. The third kappa shape index (κ3) is 5.47. The van der Waals surface area contributed by atoms with Crippen LogP contribution in [-0.2, 0) is 15.7 Å². The molecule has 0 aliphatic carbocycles. The van der Waals surface area contributed by atoms with Crippen LogP contribution in [0.1, 0.15) is 15.9 Å². The minimum absolute atomic E-state index is 0.0818. The van der Waals surface area contributed by atoms with E-state index in [0.717, 1.165) is 24.3 Å². The molecule has 1 aliphatic heterocycles. The molecule has 160 valence electrons. The Morgan fingerprint density at radius 3 is 2.33 bits per heavy atom. The van der Waals surface area contributed by atoms with E-state index >= 15 is 0 Å². The zero-order valence-electron chi connectivity index (χ0n) is 15.8. The van der Waals surface area contributed by atoms with Crippen molar-refractivity contribution in [3.8, 4) is 0 Å². The smallest absolute Gasteiger partial charge is 0.378 e. The Labute approximate surface area is 169 Å². The quantitative estimate of drug-likeness (QED) is 0.721. The van der Waals surface area contributed by atoms with Gasteiger partial charge in [-0.15, -0.1) is 0 Å². The van der Waals surface area contributed by atoms with Gasteiger partial charge in [0.2, 0.25) is 5.91 Å². The Morgan fingerprint density at radius 2 is 1.70 bits per heavy atom. The van der Waals surface area contributed by atoms with Gasteiger partial charge in [0.25, 0.3) is 5.91 Å². The van der Waals surface area contributed by atoms with Gasteiger partial charge < -0.3 is 20.3 Å². The number of amides is 2. The molecule has 0 bridgehead atoms. The van der Waals surface area contributed by atoms with Gasteiger partial charge in [0.1, 0.15) is 5.82 Å². The number of anilines is 2. The molecule has 3 rings (SSSR count). The molecule has 0 aromatic heterocycles. The average Bonchev–Trinajstić information content (AvgIpc) is 2.73. The van der Waals surface area contributed by atoms with Gasteiger partial charge in [-0.05, 0) is 42.5 Å². The summed E-state index contributed by atoms with van der Waals surface area (Å²) in [6.45, 7) is 1.26. The number of rotatable bonds is 5. The highest BCUT2D eigenvalue weighted by Crippen LogP contribution is 2.36. The van der Waals surface area contributed by atoms with E-state index in [0.29, 0.717) is 26.3 Å². The number of carbonyl (C=O) groups excluding carboxylic acids is 2.